The zero-order valence-corrected chi connectivity index (χ0v) is 10.1. The van der Waals surface area contributed by atoms with Gasteiger partial charge in [-0.3, -0.25) is 0 Å². The molecule has 0 aromatic heterocycles. The summed E-state index contributed by atoms with van der Waals surface area (Å²) in [6, 6.07) is 0. The summed E-state index contributed by atoms with van der Waals surface area (Å²) in [6.07, 6.45) is 14.2. The Bertz CT molecular complexity index is 76.4. The summed E-state index contributed by atoms with van der Waals surface area (Å²) in [4.78, 5) is 0. The summed E-state index contributed by atoms with van der Waals surface area (Å²) >= 11 is 4.20. The van der Waals surface area contributed by atoms with Crippen LogP contribution >= 0.6 is 12.6 Å². The van der Waals surface area contributed by atoms with Gasteiger partial charge in [0.25, 0.3) is 0 Å². The van der Waals surface area contributed by atoms with Gasteiger partial charge in [0.2, 0.25) is 0 Å². The maximum absolute atomic E-state index is 4.20. The number of hydrogen-bond donors (Lipinski definition) is 1. The summed E-state index contributed by atoms with van der Waals surface area (Å²) in [5.41, 5.74) is 0. The van der Waals surface area contributed by atoms with Gasteiger partial charge >= 0.3 is 51.4 Å². The molecular weight excluding hydrogens is 215 g/mol. The van der Waals surface area contributed by atoms with Crippen LogP contribution in [0.15, 0.2) is 0 Å². The molecule has 0 rings (SSSR count). The molecule has 0 saturated carbocycles. The van der Waals surface area contributed by atoms with E-state index in [4.69, 9.17) is 0 Å². The minimum atomic E-state index is 0. The molecule has 0 nitrogen and oxygen atoms in total. The first kappa shape index (κ1) is 18.4. The van der Waals surface area contributed by atoms with Crippen molar-refractivity contribution in [1.82, 2.24) is 0 Å². The molecule has 0 N–H and O–H groups in total. The first-order valence-corrected chi connectivity index (χ1v) is 6.66. The molecule has 0 unspecified atom stereocenters. The Labute approximate surface area is 139 Å². The minimum absolute atomic E-state index is 0. The van der Waals surface area contributed by atoms with Crippen LogP contribution in [0.5, 0.6) is 0 Å². The van der Waals surface area contributed by atoms with Crippen molar-refractivity contribution >= 4 is 64.0 Å². The molecule has 0 spiro atoms. The summed E-state index contributed by atoms with van der Waals surface area (Å²) in [7, 11) is 0. The average molecular weight is 243 g/mol. The molecule has 2 heteroatoms. The summed E-state index contributed by atoms with van der Waals surface area (Å²) in [5, 5.41) is 0. The van der Waals surface area contributed by atoms with Crippen LogP contribution in [0.2, 0.25) is 0 Å². The van der Waals surface area contributed by atoms with Gasteiger partial charge in [0.1, 0.15) is 0 Å². The van der Waals surface area contributed by atoms with Crippen molar-refractivity contribution in [3.05, 3.63) is 0 Å². The van der Waals surface area contributed by atoms with Gasteiger partial charge in [-0.1, -0.05) is 64.7 Å². The van der Waals surface area contributed by atoms with Crippen LogP contribution in [0.3, 0.4) is 0 Å². The molecule has 82 valence electrons. The second-order valence-corrected chi connectivity index (χ2v) is 4.35. The number of rotatable bonds is 10. The van der Waals surface area contributed by atoms with Crippen LogP contribution in [-0.2, 0) is 0 Å². The van der Waals surface area contributed by atoms with E-state index < -0.39 is 0 Å². The van der Waals surface area contributed by atoms with Gasteiger partial charge in [-0.05, 0) is 12.2 Å². The van der Waals surface area contributed by atoms with Gasteiger partial charge in [0.15, 0.2) is 0 Å². The molecule has 14 heavy (non-hydrogen) atoms. The molecular formula is C12H27KS. The van der Waals surface area contributed by atoms with Crippen molar-refractivity contribution in [3.8, 4) is 0 Å². The van der Waals surface area contributed by atoms with Gasteiger partial charge in [0.05, 0.1) is 0 Å². The van der Waals surface area contributed by atoms with Crippen LogP contribution in [0.4, 0.5) is 0 Å². The van der Waals surface area contributed by atoms with Gasteiger partial charge in [-0.2, -0.15) is 12.6 Å². The fraction of sp³-hybridized carbons (Fsp3) is 1.00. The molecule has 0 aliphatic heterocycles. The Balaban J connectivity index is 0. The topological polar surface area (TPSA) is 0 Å². The first-order valence-electron chi connectivity index (χ1n) is 6.02. The fourth-order valence-electron chi connectivity index (χ4n) is 1.60. The second-order valence-electron chi connectivity index (χ2n) is 3.91. The molecule has 0 aromatic carbocycles. The van der Waals surface area contributed by atoms with Gasteiger partial charge in [-0.15, -0.1) is 0 Å². The van der Waals surface area contributed by atoms with E-state index >= 15 is 0 Å². The van der Waals surface area contributed by atoms with Crippen LogP contribution < -0.4 is 0 Å². The molecule has 0 aromatic rings. The third kappa shape index (κ3) is 16.4. The van der Waals surface area contributed by atoms with E-state index in [0.29, 0.717) is 0 Å². The van der Waals surface area contributed by atoms with Crippen LogP contribution in [-0.4, -0.2) is 57.1 Å². The average Bonchev–Trinajstić information content (AvgIpc) is 2.16. The Hall–Kier alpha value is 1.99. The monoisotopic (exact) mass is 242 g/mol. The molecule has 0 aliphatic carbocycles. The van der Waals surface area contributed by atoms with Crippen molar-refractivity contribution in [2.24, 2.45) is 0 Å². The van der Waals surface area contributed by atoms with E-state index in [0.717, 1.165) is 5.75 Å². The normalized spacial score (nSPS) is 9.86. The van der Waals surface area contributed by atoms with Gasteiger partial charge in [0, 0.05) is 0 Å². The standard InChI is InChI=1S/C12H26S.K.H/c1-2-3-4-5-6-7-8-9-10-11-12-13;;/h13H,2-12H2,1H3;;. The Morgan fingerprint density at radius 3 is 1.36 bits per heavy atom. The first-order chi connectivity index (χ1) is 6.41. The molecule has 0 aliphatic rings. The van der Waals surface area contributed by atoms with Gasteiger partial charge in [-0.25, -0.2) is 0 Å². The summed E-state index contributed by atoms with van der Waals surface area (Å²) in [6.45, 7) is 2.28. The molecule has 0 saturated heterocycles. The Morgan fingerprint density at radius 2 is 1.00 bits per heavy atom. The van der Waals surface area contributed by atoms with Crippen molar-refractivity contribution in [1.29, 1.82) is 0 Å². The van der Waals surface area contributed by atoms with Crippen molar-refractivity contribution in [2.45, 2.75) is 71.1 Å². The van der Waals surface area contributed by atoms with E-state index in [1.165, 1.54) is 64.2 Å². The molecule has 0 atom stereocenters. The zero-order chi connectivity index (χ0) is 9.78. The fourth-order valence-corrected chi connectivity index (χ4v) is 1.82. The molecule has 0 heterocycles. The predicted molar refractivity (Wildman–Crippen MR) is 72.8 cm³/mol. The molecule has 0 radical (unpaired) electrons. The Morgan fingerprint density at radius 1 is 0.643 bits per heavy atom. The van der Waals surface area contributed by atoms with E-state index in [-0.39, 0.29) is 51.4 Å². The van der Waals surface area contributed by atoms with Crippen LogP contribution in [0.1, 0.15) is 71.1 Å². The van der Waals surface area contributed by atoms with Crippen molar-refractivity contribution < 1.29 is 0 Å². The molecule has 0 bridgehead atoms. The number of unbranched alkanes of at least 4 members (excludes halogenated alkanes) is 9. The number of hydrogen-bond acceptors (Lipinski definition) is 1. The van der Waals surface area contributed by atoms with E-state index in [1.54, 1.807) is 0 Å². The van der Waals surface area contributed by atoms with Crippen LogP contribution in [0, 0.1) is 0 Å². The number of thiol groups is 1. The van der Waals surface area contributed by atoms with Crippen molar-refractivity contribution in [3.63, 3.8) is 0 Å². The third-order valence-electron chi connectivity index (χ3n) is 2.51. The second kappa shape index (κ2) is 17.4. The quantitative estimate of drug-likeness (QED) is 0.331. The SMILES string of the molecule is CCCCCCCCCCCCS.[KH]. The summed E-state index contributed by atoms with van der Waals surface area (Å²) < 4.78 is 0. The maximum atomic E-state index is 4.20. The van der Waals surface area contributed by atoms with Gasteiger partial charge < -0.3 is 0 Å². The zero-order valence-electron chi connectivity index (χ0n) is 9.23. The summed E-state index contributed by atoms with van der Waals surface area (Å²) in [5.74, 6) is 1.07. The van der Waals surface area contributed by atoms with E-state index in [9.17, 15) is 0 Å². The predicted octanol–water partition coefficient (Wildman–Crippen LogP) is 4.19. The Kier molecular flexibility index (Phi) is 22.8. The molecule has 0 fully saturated rings. The van der Waals surface area contributed by atoms with E-state index in [1.807, 2.05) is 0 Å². The third-order valence-corrected chi connectivity index (χ3v) is 2.83. The molecule has 0 amide bonds. The van der Waals surface area contributed by atoms with E-state index in [2.05, 4.69) is 19.6 Å². The van der Waals surface area contributed by atoms with Crippen LogP contribution in [0.25, 0.3) is 0 Å². The van der Waals surface area contributed by atoms with Crippen molar-refractivity contribution in [2.75, 3.05) is 5.75 Å².